The molecule has 0 radical (unpaired) electrons. The Kier molecular flexibility index (Phi) is 15.9. The number of carbonyl (C=O) groups excluding carboxylic acids is 4. The molecule has 0 saturated carbocycles. The van der Waals surface area contributed by atoms with Crippen LogP contribution in [0.2, 0.25) is 0 Å². The number of rotatable bonds is 10. The van der Waals surface area contributed by atoms with Crippen molar-refractivity contribution in [2.75, 3.05) is 34.4 Å². The summed E-state index contributed by atoms with van der Waals surface area (Å²) >= 11 is 1.39. The molecule has 0 bridgehead atoms. The molecule has 3 N–H and O–H groups in total. The summed E-state index contributed by atoms with van der Waals surface area (Å²) in [6.07, 6.45) is -6.76. The molecule has 18 nitrogen and oxygen atoms in total. The van der Waals surface area contributed by atoms with Crippen LogP contribution < -0.4 is 5.32 Å². The number of aliphatic hydroxyl groups excluding tert-OH is 2. The van der Waals surface area contributed by atoms with Crippen LogP contribution in [-0.2, 0) is 57.1 Å². The molecule has 380 valence electrons. The minimum atomic E-state index is -1.75. The van der Waals surface area contributed by atoms with Gasteiger partial charge in [0.05, 0.1) is 33.2 Å². The number of methoxy groups -OCH3 is 1. The van der Waals surface area contributed by atoms with Crippen molar-refractivity contribution in [2.24, 2.45) is 23.2 Å². The highest BCUT2D eigenvalue weighted by atomic mass is 32.1. The van der Waals surface area contributed by atoms with Crippen LogP contribution in [0.25, 0.3) is 10.7 Å². The van der Waals surface area contributed by atoms with E-state index in [1.54, 1.807) is 66.9 Å². The molecule has 0 aliphatic carbocycles. The third-order valence-corrected chi connectivity index (χ3v) is 16.2. The maximum atomic E-state index is 15.5. The topological polar surface area (TPSA) is 224 Å². The number of ether oxygens (including phenoxy) is 8. The van der Waals surface area contributed by atoms with Crippen LogP contribution in [-0.4, -0.2) is 167 Å². The Labute approximate surface area is 408 Å². The number of carbonyl (C=O) groups is 4. The normalized spacial score (nSPS) is 42.0. The Hall–Kier alpha value is -3.78. The van der Waals surface area contributed by atoms with E-state index in [4.69, 9.17) is 37.9 Å². The lowest BCUT2D eigenvalue weighted by Gasteiger charge is -2.49. The van der Waals surface area contributed by atoms with E-state index in [9.17, 15) is 19.8 Å². The van der Waals surface area contributed by atoms with Crippen LogP contribution in [0.3, 0.4) is 0 Å². The molecule has 2 aromatic rings. The van der Waals surface area contributed by atoms with Crippen molar-refractivity contribution in [3.8, 4) is 22.5 Å². The zero-order valence-corrected chi connectivity index (χ0v) is 42.6. The van der Waals surface area contributed by atoms with E-state index < -0.39 is 125 Å². The third kappa shape index (κ3) is 10.3. The first-order valence-corrected chi connectivity index (χ1v) is 24.8. The molecule has 5 saturated heterocycles. The van der Waals surface area contributed by atoms with E-state index in [1.807, 2.05) is 38.1 Å². The summed E-state index contributed by atoms with van der Waals surface area (Å²) in [4.78, 5) is 71.2. The number of Topliss-reactive ketones (excluding diaryl/α,β-unsaturated/α-hetero) is 2. The monoisotopic (exact) mass is 982 g/mol. The lowest BCUT2D eigenvalue weighted by atomic mass is 9.62. The zero-order chi connectivity index (χ0) is 50.4. The van der Waals surface area contributed by atoms with E-state index in [1.165, 1.54) is 25.4 Å². The van der Waals surface area contributed by atoms with Crippen molar-refractivity contribution in [1.82, 2.24) is 20.2 Å². The van der Waals surface area contributed by atoms with Crippen molar-refractivity contribution >= 4 is 34.8 Å². The number of aliphatic hydroxyl groups is 2. The molecular weight excluding hydrogens is 913 g/mol. The Morgan fingerprint density at radius 1 is 0.957 bits per heavy atom. The van der Waals surface area contributed by atoms with Crippen molar-refractivity contribution in [3.63, 3.8) is 0 Å². The van der Waals surface area contributed by atoms with Gasteiger partial charge in [0.25, 0.3) is 0 Å². The van der Waals surface area contributed by atoms with E-state index >= 15 is 9.59 Å². The maximum absolute atomic E-state index is 15.5. The summed E-state index contributed by atoms with van der Waals surface area (Å²) in [6, 6.07) is 4.15. The first-order chi connectivity index (χ1) is 32.5. The van der Waals surface area contributed by atoms with Gasteiger partial charge in [-0.1, -0.05) is 32.6 Å². The molecule has 18 atom stereocenters. The van der Waals surface area contributed by atoms with Crippen LogP contribution in [0.5, 0.6) is 0 Å². The van der Waals surface area contributed by atoms with E-state index in [0.29, 0.717) is 17.1 Å². The molecule has 7 heterocycles. The van der Waals surface area contributed by atoms with E-state index in [2.05, 4.69) is 27.1 Å². The number of ketones is 2. The molecule has 0 amide bonds. The number of likely N-dealkylation sites (N-methyl/N-ethyl adjacent to an activating group) is 1. The fourth-order valence-electron chi connectivity index (χ4n) is 11.3. The summed E-state index contributed by atoms with van der Waals surface area (Å²) in [5.41, 5.74) is -5.59. The molecule has 5 aliphatic heterocycles. The first-order valence-electron chi connectivity index (χ1n) is 23.9. The zero-order valence-electron chi connectivity index (χ0n) is 41.8. The van der Waals surface area contributed by atoms with Crippen molar-refractivity contribution in [2.45, 2.75) is 172 Å². The molecule has 69 heavy (non-hydrogen) atoms. The number of hydrogen-bond acceptors (Lipinski definition) is 19. The van der Waals surface area contributed by atoms with Crippen LogP contribution in [0.15, 0.2) is 30.6 Å². The average molecular weight is 983 g/mol. The van der Waals surface area contributed by atoms with Crippen LogP contribution in [0, 0.1) is 35.0 Å². The largest absolute Gasteiger partial charge is 0.458 e. The van der Waals surface area contributed by atoms with Crippen LogP contribution >= 0.6 is 11.3 Å². The summed E-state index contributed by atoms with van der Waals surface area (Å²) in [7, 11) is 5.12. The standard InChI is InChI=1S/C50H70N4O14S/c1-13-33-50(9)39-35(45(60)68-50)53-25-47(39,6)40(57)26(2)23-49(8,62-21-14-16-30-17-18-32(69-30)43-51-19-15-20-52-43)42(67-46-37(56)31(54(10)11)22-27(3)63-46)38(36(55)28(4)44(59)65-33)66-34-24-48(7,61-12)41(58)29(5)64-34/h15,17-20,26-29,31,33-35,37-39,41-42,46,53,56,58H,13,21-25H2,1-12H3/t26-,27-,28-,29+,31+,33+,34?,35?,37-,38+,39?,41+,42-,46+,47?,48-,49+,50-/m1/s1. The molecular formula is C50H70N4O14S. The Morgan fingerprint density at radius 2 is 1.67 bits per heavy atom. The number of hydrogen-bond donors (Lipinski definition) is 3. The molecule has 0 aromatic carbocycles. The number of nitrogens with one attached hydrogen (secondary N) is 1. The van der Waals surface area contributed by atoms with Gasteiger partial charge < -0.3 is 58.3 Å². The van der Waals surface area contributed by atoms with Gasteiger partial charge in [-0.05, 0) is 93.1 Å². The second-order valence-electron chi connectivity index (χ2n) is 20.5. The molecule has 4 unspecified atom stereocenters. The molecule has 19 heteroatoms. The fraction of sp³-hybridized carbons (Fsp3) is 0.720. The second kappa shape index (κ2) is 20.7. The molecule has 0 spiro atoms. The predicted octanol–water partition coefficient (Wildman–Crippen LogP) is 3.47. The van der Waals surface area contributed by atoms with E-state index in [-0.39, 0.29) is 38.2 Å². The second-order valence-corrected chi connectivity index (χ2v) is 21.6. The molecule has 7 rings (SSSR count). The number of nitrogens with zero attached hydrogens (tertiary/aromatic N) is 3. The molecule has 5 aliphatic rings. The third-order valence-electron chi connectivity index (χ3n) is 15.2. The first kappa shape index (κ1) is 53.0. The highest BCUT2D eigenvalue weighted by Crippen LogP contribution is 2.53. The smallest absolute Gasteiger partial charge is 0.324 e. The van der Waals surface area contributed by atoms with Crippen molar-refractivity contribution < 1.29 is 67.3 Å². The lowest BCUT2D eigenvalue weighted by molar-refractivity contribution is -0.328. The van der Waals surface area contributed by atoms with Gasteiger partial charge in [-0.2, -0.15) is 0 Å². The summed E-state index contributed by atoms with van der Waals surface area (Å²) in [6.45, 7) is 15.2. The number of cyclic esters (lactones) is 1. The predicted molar refractivity (Wildman–Crippen MR) is 250 cm³/mol. The number of aromatic nitrogens is 2. The lowest BCUT2D eigenvalue weighted by Crippen LogP contribution is -2.63. The minimum absolute atomic E-state index is 0.0586. The number of thiophene rings is 1. The van der Waals surface area contributed by atoms with Gasteiger partial charge in [0, 0.05) is 55.8 Å². The summed E-state index contributed by atoms with van der Waals surface area (Å²) in [5.74, 6) is 1.14. The van der Waals surface area contributed by atoms with Crippen molar-refractivity contribution in [1.29, 1.82) is 0 Å². The summed E-state index contributed by atoms with van der Waals surface area (Å²) in [5, 5.41) is 26.5. The maximum Gasteiger partial charge on any atom is 0.324 e. The van der Waals surface area contributed by atoms with Gasteiger partial charge in [0.15, 0.2) is 29.8 Å². The minimum Gasteiger partial charge on any atom is -0.458 e. The highest BCUT2D eigenvalue weighted by molar-refractivity contribution is 7.15. The SMILES string of the molecule is CC[C@@H]1OC(=O)[C@H](C)C(=O)[C@H](OC2C[C@@](C)(OC)[C@@H](O)[C@H](C)O2)[C@@H](O[C@@H]2O[C@H](C)C[C@H](N(C)C)[C@H]2O)[C@@](C)(OCC#Cc2ccc(-c3ncccn3)s2)C[C@@H](C)C(=O)C2(C)CNC3C(=O)O[C@@]1(C)C32. The fourth-order valence-corrected chi connectivity index (χ4v) is 12.2. The van der Waals surface area contributed by atoms with Gasteiger partial charge in [0.1, 0.15) is 54.9 Å². The van der Waals surface area contributed by atoms with Crippen molar-refractivity contribution in [3.05, 3.63) is 35.5 Å². The van der Waals surface area contributed by atoms with Gasteiger partial charge in [-0.15, -0.1) is 11.3 Å². The van der Waals surface area contributed by atoms with Gasteiger partial charge in [-0.25, -0.2) is 9.97 Å². The van der Waals surface area contributed by atoms with Gasteiger partial charge in [-0.3, -0.25) is 19.2 Å². The Balaban J connectivity index is 1.38. The highest BCUT2D eigenvalue weighted by Gasteiger charge is 2.69. The van der Waals surface area contributed by atoms with Gasteiger partial charge in [0.2, 0.25) is 0 Å². The molecule has 5 fully saturated rings. The Morgan fingerprint density at radius 3 is 2.33 bits per heavy atom. The van der Waals surface area contributed by atoms with Crippen LogP contribution in [0.1, 0.15) is 92.9 Å². The number of esters is 2. The van der Waals surface area contributed by atoms with Crippen LogP contribution in [0.4, 0.5) is 0 Å². The average Bonchev–Trinajstić information content (AvgIpc) is 4.02. The summed E-state index contributed by atoms with van der Waals surface area (Å²) < 4.78 is 51.4. The van der Waals surface area contributed by atoms with Gasteiger partial charge >= 0.3 is 11.9 Å². The van der Waals surface area contributed by atoms with E-state index in [0.717, 1.165) is 4.88 Å². The molecule has 2 aromatic heterocycles. The quantitative estimate of drug-likeness (QED) is 0.176. The Bertz CT molecular complexity index is 2260.